The summed E-state index contributed by atoms with van der Waals surface area (Å²) in [7, 11) is 0. The number of hydrogen-bond donors (Lipinski definition) is 1. The number of amides is 2. The molecule has 4 rings (SSSR count). The second-order valence-corrected chi connectivity index (χ2v) is 7.15. The molecule has 0 radical (unpaired) electrons. The minimum atomic E-state index is -0.114. The van der Waals surface area contributed by atoms with Crippen molar-refractivity contribution in [3.63, 3.8) is 0 Å². The van der Waals surface area contributed by atoms with E-state index in [9.17, 15) is 9.59 Å². The van der Waals surface area contributed by atoms with Gasteiger partial charge >= 0.3 is 0 Å². The van der Waals surface area contributed by atoms with Gasteiger partial charge in [-0.05, 0) is 49.2 Å². The van der Waals surface area contributed by atoms with Crippen LogP contribution < -0.4 is 5.32 Å². The lowest BCUT2D eigenvalue weighted by molar-refractivity contribution is -0.114. The van der Waals surface area contributed by atoms with Crippen molar-refractivity contribution in [2.24, 2.45) is 0 Å². The summed E-state index contributed by atoms with van der Waals surface area (Å²) < 4.78 is 5.50. The number of likely N-dealkylation sites (tertiary alicyclic amines) is 1. The predicted octanol–water partition coefficient (Wildman–Crippen LogP) is 3.71. The van der Waals surface area contributed by atoms with Gasteiger partial charge in [-0.15, -0.1) is 0 Å². The Balaban J connectivity index is 1.38. The predicted molar refractivity (Wildman–Crippen MR) is 108 cm³/mol. The van der Waals surface area contributed by atoms with Gasteiger partial charge in [0, 0.05) is 42.7 Å². The lowest BCUT2D eigenvalue weighted by atomic mass is 9.96. The van der Waals surface area contributed by atoms with E-state index in [2.05, 4.69) is 15.5 Å². The summed E-state index contributed by atoms with van der Waals surface area (Å²) >= 11 is 0. The van der Waals surface area contributed by atoms with Gasteiger partial charge in [0.05, 0.1) is 0 Å². The normalized spacial score (nSPS) is 14.6. The molecule has 0 spiro atoms. The Hall–Kier alpha value is -3.48. The first-order valence-electron chi connectivity index (χ1n) is 9.66. The molecule has 0 aliphatic carbocycles. The molecule has 29 heavy (non-hydrogen) atoms. The quantitative estimate of drug-likeness (QED) is 0.734. The first-order valence-corrected chi connectivity index (χ1v) is 9.66. The van der Waals surface area contributed by atoms with E-state index >= 15 is 0 Å². The van der Waals surface area contributed by atoms with Crippen LogP contribution in [0, 0.1) is 0 Å². The summed E-state index contributed by atoms with van der Waals surface area (Å²) in [4.78, 5) is 30.1. The zero-order valence-electron chi connectivity index (χ0n) is 16.2. The molecule has 3 aromatic rings. The summed E-state index contributed by atoms with van der Waals surface area (Å²) in [5.41, 5.74) is 2.26. The summed E-state index contributed by atoms with van der Waals surface area (Å²) in [6, 6.07) is 16.7. The van der Waals surface area contributed by atoms with Crippen LogP contribution in [0.5, 0.6) is 0 Å². The molecule has 1 saturated heterocycles. The van der Waals surface area contributed by atoms with E-state index in [1.165, 1.54) is 6.92 Å². The number of anilines is 1. The fourth-order valence-corrected chi connectivity index (χ4v) is 3.52. The van der Waals surface area contributed by atoms with E-state index < -0.39 is 0 Å². The van der Waals surface area contributed by atoms with Crippen LogP contribution in [0.2, 0.25) is 0 Å². The van der Waals surface area contributed by atoms with E-state index in [0.29, 0.717) is 30.4 Å². The zero-order valence-corrected chi connectivity index (χ0v) is 16.2. The molecule has 2 heterocycles. The zero-order chi connectivity index (χ0) is 20.2. The maximum absolute atomic E-state index is 12.6. The molecule has 2 amide bonds. The van der Waals surface area contributed by atoms with Crippen molar-refractivity contribution < 1.29 is 14.1 Å². The number of nitrogens with one attached hydrogen (secondary N) is 1. The molecule has 0 atom stereocenters. The third kappa shape index (κ3) is 4.34. The van der Waals surface area contributed by atoms with Gasteiger partial charge in [0.2, 0.25) is 17.6 Å². The maximum atomic E-state index is 12.6. The second-order valence-electron chi connectivity index (χ2n) is 7.15. The van der Waals surface area contributed by atoms with Gasteiger partial charge in [0.15, 0.2) is 0 Å². The molecule has 0 saturated carbocycles. The van der Waals surface area contributed by atoms with Gasteiger partial charge in [0.1, 0.15) is 0 Å². The van der Waals surface area contributed by atoms with Crippen LogP contribution in [-0.2, 0) is 4.79 Å². The van der Waals surface area contributed by atoms with E-state index in [4.69, 9.17) is 4.52 Å². The van der Waals surface area contributed by atoms with E-state index in [0.717, 1.165) is 24.1 Å². The Bertz CT molecular complexity index is 990. The highest BCUT2D eigenvalue weighted by Crippen LogP contribution is 2.29. The number of aromatic nitrogens is 2. The van der Waals surface area contributed by atoms with Gasteiger partial charge in [-0.1, -0.05) is 23.4 Å². The number of carbonyl (C=O) groups excluding carboxylic acids is 2. The van der Waals surface area contributed by atoms with Crippen molar-refractivity contribution in [3.05, 3.63) is 66.1 Å². The van der Waals surface area contributed by atoms with E-state index in [1.54, 1.807) is 12.1 Å². The molecule has 7 heteroatoms. The number of nitrogens with zero attached hydrogens (tertiary/aromatic N) is 3. The van der Waals surface area contributed by atoms with Crippen LogP contribution >= 0.6 is 0 Å². The van der Waals surface area contributed by atoms with Crippen molar-refractivity contribution in [3.8, 4) is 11.4 Å². The van der Waals surface area contributed by atoms with Crippen LogP contribution in [0.4, 0.5) is 5.69 Å². The molecule has 148 valence electrons. The topological polar surface area (TPSA) is 88.3 Å². The van der Waals surface area contributed by atoms with Gasteiger partial charge in [0.25, 0.3) is 5.91 Å². The molecule has 1 aromatic heterocycles. The molecular weight excluding hydrogens is 368 g/mol. The number of rotatable bonds is 4. The standard InChI is InChI=1S/C22H22N4O3/c1-15(27)23-19-9-7-16(8-10-19)20-24-21(29-25-20)17-11-13-26(14-12-17)22(28)18-5-3-2-4-6-18/h2-10,17H,11-14H2,1H3,(H,23,27). The lowest BCUT2D eigenvalue weighted by Crippen LogP contribution is -2.37. The molecular formula is C22H22N4O3. The van der Waals surface area contributed by atoms with Crippen molar-refractivity contribution in [1.82, 2.24) is 15.0 Å². The Labute approximate surface area is 168 Å². The average Bonchev–Trinajstić information content (AvgIpc) is 3.24. The average molecular weight is 390 g/mol. The first-order chi connectivity index (χ1) is 14.1. The fourth-order valence-electron chi connectivity index (χ4n) is 3.52. The Morgan fingerprint density at radius 3 is 2.38 bits per heavy atom. The van der Waals surface area contributed by atoms with Crippen LogP contribution in [0.15, 0.2) is 59.1 Å². The maximum Gasteiger partial charge on any atom is 0.253 e. The van der Waals surface area contributed by atoms with Gasteiger partial charge in [-0.2, -0.15) is 4.98 Å². The van der Waals surface area contributed by atoms with Crippen molar-refractivity contribution in [2.45, 2.75) is 25.7 Å². The second kappa shape index (κ2) is 8.26. The minimum Gasteiger partial charge on any atom is -0.339 e. The summed E-state index contributed by atoms with van der Waals surface area (Å²) in [5, 5.41) is 6.83. The van der Waals surface area contributed by atoms with Crippen LogP contribution in [0.25, 0.3) is 11.4 Å². The molecule has 0 bridgehead atoms. The van der Waals surface area contributed by atoms with E-state index in [-0.39, 0.29) is 17.7 Å². The Kier molecular flexibility index (Phi) is 5.37. The summed E-state index contributed by atoms with van der Waals surface area (Å²) in [5.74, 6) is 1.23. The highest BCUT2D eigenvalue weighted by molar-refractivity contribution is 5.94. The number of piperidine rings is 1. The third-order valence-corrected chi connectivity index (χ3v) is 5.06. The largest absolute Gasteiger partial charge is 0.339 e. The molecule has 1 fully saturated rings. The molecule has 1 aliphatic rings. The lowest BCUT2D eigenvalue weighted by Gasteiger charge is -2.30. The smallest absolute Gasteiger partial charge is 0.253 e. The summed E-state index contributed by atoms with van der Waals surface area (Å²) in [6.07, 6.45) is 1.59. The highest BCUT2D eigenvalue weighted by Gasteiger charge is 2.28. The highest BCUT2D eigenvalue weighted by atomic mass is 16.5. The molecule has 0 unspecified atom stereocenters. The van der Waals surface area contributed by atoms with Crippen molar-refractivity contribution >= 4 is 17.5 Å². The monoisotopic (exact) mass is 390 g/mol. The molecule has 1 aliphatic heterocycles. The Morgan fingerprint density at radius 2 is 1.72 bits per heavy atom. The number of benzene rings is 2. The number of carbonyl (C=O) groups is 2. The minimum absolute atomic E-state index is 0.0644. The van der Waals surface area contributed by atoms with Crippen molar-refractivity contribution in [2.75, 3.05) is 18.4 Å². The van der Waals surface area contributed by atoms with Gasteiger partial charge < -0.3 is 14.7 Å². The van der Waals surface area contributed by atoms with Crippen LogP contribution in [-0.4, -0.2) is 39.9 Å². The molecule has 7 nitrogen and oxygen atoms in total. The van der Waals surface area contributed by atoms with Crippen LogP contribution in [0.3, 0.4) is 0 Å². The van der Waals surface area contributed by atoms with Gasteiger partial charge in [-0.3, -0.25) is 9.59 Å². The SMILES string of the molecule is CC(=O)Nc1ccc(-c2noc(C3CCN(C(=O)c4ccccc4)CC3)n2)cc1. The molecule has 2 aromatic carbocycles. The number of hydrogen-bond acceptors (Lipinski definition) is 5. The molecule has 1 N–H and O–H groups in total. The van der Waals surface area contributed by atoms with E-state index in [1.807, 2.05) is 47.4 Å². The van der Waals surface area contributed by atoms with Crippen LogP contribution in [0.1, 0.15) is 41.9 Å². The summed E-state index contributed by atoms with van der Waals surface area (Å²) in [6.45, 7) is 2.81. The fraction of sp³-hybridized carbons (Fsp3) is 0.273. The third-order valence-electron chi connectivity index (χ3n) is 5.06. The van der Waals surface area contributed by atoms with Crippen molar-refractivity contribution in [1.29, 1.82) is 0 Å². The Morgan fingerprint density at radius 1 is 1.03 bits per heavy atom. The van der Waals surface area contributed by atoms with Gasteiger partial charge in [-0.25, -0.2) is 0 Å². The first kappa shape index (κ1) is 18.9.